The molecule has 1 heterocycles. The Morgan fingerprint density at radius 2 is 2.19 bits per heavy atom. The molecule has 110 valence electrons. The van der Waals surface area contributed by atoms with Gasteiger partial charge in [-0.25, -0.2) is 4.98 Å². The molecule has 2 rings (SSSR count). The molecule has 0 saturated carbocycles. The molecule has 1 N–H and O–H groups in total. The second-order valence-corrected chi connectivity index (χ2v) is 4.66. The topological polar surface area (TPSA) is 77.3 Å². The number of nitro benzene ring substituents is 1. The predicted molar refractivity (Wildman–Crippen MR) is 79.1 cm³/mol. The first-order valence-corrected chi connectivity index (χ1v) is 6.57. The van der Waals surface area contributed by atoms with Crippen LogP contribution in [0.15, 0.2) is 42.6 Å². The third-order valence-corrected chi connectivity index (χ3v) is 3.20. The first-order valence-electron chi connectivity index (χ1n) is 6.57. The van der Waals surface area contributed by atoms with Crippen molar-refractivity contribution in [2.45, 2.75) is 19.5 Å². The van der Waals surface area contributed by atoms with Crippen molar-refractivity contribution < 1.29 is 9.66 Å². The molecule has 0 saturated heterocycles. The Balaban J connectivity index is 2.02. The smallest absolute Gasteiger partial charge is 0.269 e. The van der Waals surface area contributed by atoms with Crippen LogP contribution in [0.1, 0.15) is 24.1 Å². The Labute approximate surface area is 122 Å². The van der Waals surface area contributed by atoms with Crippen LogP contribution >= 0.6 is 0 Å². The molecule has 0 aliphatic heterocycles. The number of nitrogens with zero attached hydrogens (tertiary/aromatic N) is 2. The van der Waals surface area contributed by atoms with Gasteiger partial charge in [0.25, 0.3) is 5.69 Å². The van der Waals surface area contributed by atoms with Gasteiger partial charge in [0, 0.05) is 37.0 Å². The Morgan fingerprint density at radius 3 is 2.90 bits per heavy atom. The number of rotatable bonds is 6. The molecule has 1 aromatic heterocycles. The predicted octanol–water partition coefficient (Wildman–Crippen LogP) is 2.85. The molecule has 0 aliphatic carbocycles. The van der Waals surface area contributed by atoms with Gasteiger partial charge in [0.15, 0.2) is 0 Å². The zero-order chi connectivity index (χ0) is 15.2. The maximum absolute atomic E-state index is 10.8. The van der Waals surface area contributed by atoms with Gasteiger partial charge < -0.3 is 10.1 Å². The SMILES string of the molecule is COc1cc(CN[C@@H](C)c2cccc([N+](=O)[O-])c2)ccn1. The molecule has 0 amide bonds. The molecule has 0 fully saturated rings. The zero-order valence-electron chi connectivity index (χ0n) is 11.9. The standard InChI is InChI=1S/C15H17N3O3/c1-11(13-4-3-5-14(9-13)18(19)20)17-10-12-6-7-16-15(8-12)21-2/h3-9,11,17H,10H2,1-2H3/t11-/m0/s1. The first kappa shape index (κ1) is 14.9. The number of non-ortho nitro benzene ring substituents is 1. The lowest BCUT2D eigenvalue weighted by Gasteiger charge is -2.14. The lowest BCUT2D eigenvalue weighted by Crippen LogP contribution is -2.18. The van der Waals surface area contributed by atoms with E-state index in [1.54, 1.807) is 25.4 Å². The molecule has 0 unspecified atom stereocenters. The van der Waals surface area contributed by atoms with Crippen molar-refractivity contribution >= 4 is 5.69 Å². The van der Waals surface area contributed by atoms with E-state index in [1.807, 2.05) is 25.1 Å². The second kappa shape index (κ2) is 6.81. The fourth-order valence-corrected chi connectivity index (χ4v) is 1.97. The van der Waals surface area contributed by atoms with E-state index < -0.39 is 0 Å². The molecular weight excluding hydrogens is 270 g/mol. The molecule has 1 atom stereocenters. The average Bonchev–Trinajstić information content (AvgIpc) is 2.53. The van der Waals surface area contributed by atoms with Crippen LogP contribution in [0.4, 0.5) is 5.69 Å². The van der Waals surface area contributed by atoms with E-state index in [-0.39, 0.29) is 16.7 Å². The highest BCUT2D eigenvalue weighted by Gasteiger charge is 2.10. The molecule has 2 aromatic rings. The Bertz CT molecular complexity index is 631. The summed E-state index contributed by atoms with van der Waals surface area (Å²) in [5, 5.41) is 14.1. The Morgan fingerprint density at radius 1 is 1.38 bits per heavy atom. The van der Waals surface area contributed by atoms with E-state index in [2.05, 4.69) is 10.3 Å². The zero-order valence-corrected chi connectivity index (χ0v) is 11.9. The third-order valence-electron chi connectivity index (χ3n) is 3.20. The van der Waals surface area contributed by atoms with E-state index >= 15 is 0 Å². The van der Waals surface area contributed by atoms with Crippen LogP contribution in [0.2, 0.25) is 0 Å². The van der Waals surface area contributed by atoms with Gasteiger partial charge in [-0.15, -0.1) is 0 Å². The number of hydrogen-bond donors (Lipinski definition) is 1. The first-order chi connectivity index (χ1) is 10.1. The average molecular weight is 287 g/mol. The summed E-state index contributed by atoms with van der Waals surface area (Å²) in [5.41, 5.74) is 2.02. The minimum Gasteiger partial charge on any atom is -0.481 e. The van der Waals surface area contributed by atoms with Gasteiger partial charge in [-0.2, -0.15) is 0 Å². The lowest BCUT2D eigenvalue weighted by atomic mass is 10.1. The minimum atomic E-state index is -0.385. The number of pyridine rings is 1. The van der Waals surface area contributed by atoms with Crippen LogP contribution in [0, 0.1) is 10.1 Å². The Kier molecular flexibility index (Phi) is 4.84. The van der Waals surface area contributed by atoms with Crippen molar-refractivity contribution in [1.82, 2.24) is 10.3 Å². The maximum Gasteiger partial charge on any atom is 0.269 e. The number of nitrogens with one attached hydrogen (secondary N) is 1. The highest BCUT2D eigenvalue weighted by Crippen LogP contribution is 2.19. The molecule has 0 aliphatic rings. The van der Waals surface area contributed by atoms with E-state index in [1.165, 1.54) is 6.07 Å². The number of ether oxygens (including phenoxy) is 1. The molecule has 6 nitrogen and oxygen atoms in total. The molecule has 6 heteroatoms. The van der Waals surface area contributed by atoms with Crippen molar-refractivity contribution in [1.29, 1.82) is 0 Å². The third kappa shape index (κ3) is 4.00. The summed E-state index contributed by atoms with van der Waals surface area (Å²) in [4.78, 5) is 14.5. The summed E-state index contributed by atoms with van der Waals surface area (Å²) in [6, 6.07) is 10.4. The van der Waals surface area contributed by atoms with Crippen LogP contribution in [0.25, 0.3) is 0 Å². The van der Waals surface area contributed by atoms with Crippen molar-refractivity contribution in [2.24, 2.45) is 0 Å². The molecule has 0 radical (unpaired) electrons. The molecule has 1 aromatic carbocycles. The van der Waals surface area contributed by atoms with Gasteiger partial charge in [-0.3, -0.25) is 10.1 Å². The monoisotopic (exact) mass is 287 g/mol. The highest BCUT2D eigenvalue weighted by molar-refractivity contribution is 5.35. The molecule has 21 heavy (non-hydrogen) atoms. The Hall–Kier alpha value is -2.47. The number of nitro groups is 1. The summed E-state index contributed by atoms with van der Waals surface area (Å²) in [6.45, 7) is 2.60. The number of aromatic nitrogens is 1. The summed E-state index contributed by atoms with van der Waals surface area (Å²) >= 11 is 0. The van der Waals surface area contributed by atoms with Crippen LogP contribution in [0.5, 0.6) is 5.88 Å². The minimum absolute atomic E-state index is 0.00376. The summed E-state index contributed by atoms with van der Waals surface area (Å²) in [7, 11) is 1.57. The largest absolute Gasteiger partial charge is 0.481 e. The summed E-state index contributed by atoms with van der Waals surface area (Å²) < 4.78 is 5.07. The molecule has 0 bridgehead atoms. The van der Waals surface area contributed by atoms with Gasteiger partial charge in [0.1, 0.15) is 0 Å². The van der Waals surface area contributed by atoms with Crippen LogP contribution < -0.4 is 10.1 Å². The number of methoxy groups -OCH3 is 1. The van der Waals surface area contributed by atoms with Gasteiger partial charge in [0.2, 0.25) is 5.88 Å². The van der Waals surface area contributed by atoms with Crippen molar-refractivity contribution in [3.63, 3.8) is 0 Å². The van der Waals surface area contributed by atoms with Gasteiger partial charge in [0.05, 0.1) is 12.0 Å². The highest BCUT2D eigenvalue weighted by atomic mass is 16.6. The number of hydrogen-bond acceptors (Lipinski definition) is 5. The normalized spacial score (nSPS) is 11.9. The van der Waals surface area contributed by atoms with Crippen LogP contribution in [-0.2, 0) is 6.54 Å². The second-order valence-electron chi connectivity index (χ2n) is 4.66. The molecule has 0 spiro atoms. The van der Waals surface area contributed by atoms with Crippen LogP contribution in [-0.4, -0.2) is 17.0 Å². The van der Waals surface area contributed by atoms with Crippen molar-refractivity contribution in [2.75, 3.05) is 7.11 Å². The van der Waals surface area contributed by atoms with E-state index in [0.717, 1.165) is 11.1 Å². The van der Waals surface area contributed by atoms with Crippen LogP contribution in [0.3, 0.4) is 0 Å². The van der Waals surface area contributed by atoms with Gasteiger partial charge >= 0.3 is 0 Å². The summed E-state index contributed by atoms with van der Waals surface area (Å²) in [5.74, 6) is 0.567. The van der Waals surface area contributed by atoms with Gasteiger partial charge in [-0.1, -0.05) is 12.1 Å². The lowest BCUT2D eigenvalue weighted by molar-refractivity contribution is -0.384. The van der Waals surface area contributed by atoms with Gasteiger partial charge in [-0.05, 0) is 24.1 Å². The summed E-state index contributed by atoms with van der Waals surface area (Å²) in [6.07, 6.45) is 1.69. The number of benzene rings is 1. The van der Waals surface area contributed by atoms with E-state index in [0.29, 0.717) is 12.4 Å². The maximum atomic E-state index is 10.8. The fourth-order valence-electron chi connectivity index (χ4n) is 1.97. The van der Waals surface area contributed by atoms with E-state index in [4.69, 9.17) is 4.74 Å². The molecular formula is C15H17N3O3. The van der Waals surface area contributed by atoms with E-state index in [9.17, 15) is 10.1 Å². The van der Waals surface area contributed by atoms with Crippen molar-refractivity contribution in [3.8, 4) is 5.88 Å². The van der Waals surface area contributed by atoms with Crippen molar-refractivity contribution in [3.05, 3.63) is 63.8 Å². The quantitative estimate of drug-likeness (QED) is 0.653. The fraction of sp³-hybridized carbons (Fsp3) is 0.267.